The molecule has 6 nitrogen and oxygen atoms in total. The van der Waals surface area contributed by atoms with Crippen molar-refractivity contribution in [3.05, 3.63) is 32.7 Å². The summed E-state index contributed by atoms with van der Waals surface area (Å²) in [5.41, 5.74) is 0.335. The highest BCUT2D eigenvalue weighted by Gasteiger charge is 2.24. The van der Waals surface area contributed by atoms with Crippen molar-refractivity contribution in [3.8, 4) is 0 Å². The molecular weight excluding hydrogens is 232 g/mol. The van der Waals surface area contributed by atoms with E-state index in [1.807, 2.05) is 0 Å². The van der Waals surface area contributed by atoms with Crippen LogP contribution in [0, 0.1) is 10.1 Å². The maximum Gasteiger partial charge on any atom is 0.324 e. The minimum absolute atomic E-state index is 0.0107. The summed E-state index contributed by atoms with van der Waals surface area (Å²) in [6.07, 6.45) is 1.53. The molecule has 0 aliphatic carbocycles. The molecule has 0 radical (unpaired) electrons. The second-order valence-electron chi connectivity index (χ2n) is 3.16. The molecule has 82 valence electrons. The Morgan fingerprint density at radius 3 is 2.69 bits per heavy atom. The van der Waals surface area contributed by atoms with Crippen molar-refractivity contribution in [3.63, 3.8) is 0 Å². The summed E-state index contributed by atoms with van der Waals surface area (Å²) in [4.78, 5) is 32.6. The lowest BCUT2D eigenvalue weighted by Crippen LogP contribution is -2.19. The minimum atomic E-state index is -0.494. The number of hydrogen-bond donors (Lipinski definition) is 1. The number of nitrogens with one attached hydrogen (secondary N) is 1. The first kappa shape index (κ1) is 10.5. The Morgan fingerprint density at radius 2 is 2.19 bits per heavy atom. The molecule has 0 aromatic carbocycles. The standard InChI is InChI=1S/C9H6N2O4S/c12-7-4-5(9(13)10-7)3-6-1-2-8(16-6)11(14)15/h1-3H,4H2,(H,10,12,13)/b5-3-. The zero-order valence-electron chi connectivity index (χ0n) is 7.93. The van der Waals surface area contributed by atoms with E-state index in [1.165, 1.54) is 12.1 Å². The quantitative estimate of drug-likeness (QED) is 0.361. The molecule has 0 saturated carbocycles. The zero-order chi connectivity index (χ0) is 11.7. The Labute approximate surface area is 93.7 Å². The number of hydrogen-bond acceptors (Lipinski definition) is 5. The number of rotatable bonds is 2. The van der Waals surface area contributed by atoms with Crippen LogP contribution in [-0.4, -0.2) is 16.7 Å². The third-order valence-electron chi connectivity index (χ3n) is 2.00. The summed E-state index contributed by atoms with van der Waals surface area (Å²) >= 11 is 0.964. The lowest BCUT2D eigenvalue weighted by atomic mass is 10.2. The number of imide groups is 1. The normalized spacial score (nSPS) is 17.9. The summed E-state index contributed by atoms with van der Waals surface area (Å²) in [5.74, 6) is -0.775. The van der Waals surface area contributed by atoms with Crippen LogP contribution >= 0.6 is 11.3 Å². The molecule has 0 spiro atoms. The van der Waals surface area contributed by atoms with Crippen molar-refractivity contribution >= 4 is 34.2 Å². The van der Waals surface area contributed by atoms with E-state index in [9.17, 15) is 19.7 Å². The van der Waals surface area contributed by atoms with Crippen molar-refractivity contribution in [2.75, 3.05) is 0 Å². The van der Waals surface area contributed by atoms with Gasteiger partial charge >= 0.3 is 5.00 Å². The number of thiophene rings is 1. The number of carbonyl (C=O) groups is 2. The van der Waals surface area contributed by atoms with Gasteiger partial charge in [-0.2, -0.15) is 0 Å². The molecule has 1 fully saturated rings. The van der Waals surface area contributed by atoms with Gasteiger partial charge in [0.25, 0.3) is 5.91 Å². The van der Waals surface area contributed by atoms with Crippen LogP contribution in [-0.2, 0) is 9.59 Å². The van der Waals surface area contributed by atoms with Crippen LogP contribution in [0.3, 0.4) is 0 Å². The topological polar surface area (TPSA) is 89.3 Å². The van der Waals surface area contributed by atoms with Gasteiger partial charge in [-0.05, 0) is 12.1 Å². The van der Waals surface area contributed by atoms with Crippen molar-refractivity contribution in [2.45, 2.75) is 6.42 Å². The maximum absolute atomic E-state index is 11.2. The molecule has 0 atom stereocenters. The number of nitrogens with zero attached hydrogens (tertiary/aromatic N) is 1. The number of nitro groups is 1. The Bertz CT molecular complexity index is 517. The minimum Gasteiger partial charge on any atom is -0.292 e. The molecular formula is C9H6N2O4S. The van der Waals surface area contributed by atoms with E-state index in [4.69, 9.17) is 0 Å². The predicted molar refractivity (Wildman–Crippen MR) is 56.7 cm³/mol. The van der Waals surface area contributed by atoms with E-state index in [0.29, 0.717) is 10.5 Å². The molecule has 0 unspecified atom stereocenters. The Balaban J connectivity index is 2.26. The van der Waals surface area contributed by atoms with Gasteiger partial charge in [0.15, 0.2) is 0 Å². The van der Waals surface area contributed by atoms with Crippen molar-refractivity contribution in [1.82, 2.24) is 5.32 Å². The van der Waals surface area contributed by atoms with Gasteiger partial charge in [-0.3, -0.25) is 25.0 Å². The van der Waals surface area contributed by atoms with Crippen molar-refractivity contribution < 1.29 is 14.5 Å². The lowest BCUT2D eigenvalue weighted by molar-refractivity contribution is -0.380. The van der Waals surface area contributed by atoms with Crippen molar-refractivity contribution in [1.29, 1.82) is 0 Å². The van der Waals surface area contributed by atoms with Gasteiger partial charge in [-0.1, -0.05) is 11.3 Å². The fourth-order valence-corrected chi connectivity index (χ4v) is 2.10. The Morgan fingerprint density at radius 1 is 1.44 bits per heavy atom. The molecule has 1 aromatic heterocycles. The molecule has 2 rings (SSSR count). The highest BCUT2D eigenvalue weighted by atomic mass is 32.1. The first-order valence-electron chi connectivity index (χ1n) is 4.35. The molecule has 7 heteroatoms. The smallest absolute Gasteiger partial charge is 0.292 e. The molecule has 1 saturated heterocycles. The molecule has 1 N–H and O–H groups in total. The highest BCUT2D eigenvalue weighted by molar-refractivity contribution is 7.16. The third-order valence-corrected chi connectivity index (χ3v) is 2.99. The number of amides is 2. The second kappa shape index (κ2) is 3.86. The van der Waals surface area contributed by atoms with Gasteiger partial charge in [-0.25, -0.2) is 0 Å². The van der Waals surface area contributed by atoms with E-state index >= 15 is 0 Å². The van der Waals surface area contributed by atoms with E-state index in [-0.39, 0.29) is 17.3 Å². The summed E-state index contributed by atoms with van der Waals surface area (Å²) < 4.78 is 0. The van der Waals surface area contributed by atoms with Gasteiger partial charge in [0.2, 0.25) is 5.91 Å². The number of carbonyl (C=O) groups excluding carboxylic acids is 2. The molecule has 2 amide bonds. The highest BCUT2D eigenvalue weighted by Crippen LogP contribution is 2.26. The fraction of sp³-hybridized carbons (Fsp3) is 0.111. The average Bonchev–Trinajstić information content (AvgIpc) is 2.75. The van der Waals surface area contributed by atoms with Gasteiger partial charge in [-0.15, -0.1) is 0 Å². The van der Waals surface area contributed by atoms with Crippen LogP contribution < -0.4 is 5.32 Å². The zero-order valence-corrected chi connectivity index (χ0v) is 8.74. The lowest BCUT2D eigenvalue weighted by Gasteiger charge is -1.88. The van der Waals surface area contributed by atoms with E-state index in [1.54, 1.807) is 6.07 Å². The molecule has 2 heterocycles. The summed E-state index contributed by atoms with van der Waals surface area (Å²) in [5, 5.41) is 12.6. The monoisotopic (exact) mass is 238 g/mol. The second-order valence-corrected chi connectivity index (χ2v) is 4.25. The third kappa shape index (κ3) is 1.98. The van der Waals surface area contributed by atoms with Crippen LogP contribution in [0.4, 0.5) is 5.00 Å². The van der Waals surface area contributed by atoms with Gasteiger partial charge < -0.3 is 0 Å². The molecule has 0 bridgehead atoms. The summed E-state index contributed by atoms with van der Waals surface area (Å²) in [6, 6.07) is 2.91. The Hall–Kier alpha value is -2.02. The maximum atomic E-state index is 11.2. The summed E-state index contributed by atoms with van der Waals surface area (Å²) in [6.45, 7) is 0. The van der Waals surface area contributed by atoms with Crippen molar-refractivity contribution in [2.24, 2.45) is 0 Å². The van der Waals surface area contributed by atoms with Crippen LogP contribution in [0.1, 0.15) is 11.3 Å². The van der Waals surface area contributed by atoms with Gasteiger partial charge in [0, 0.05) is 16.5 Å². The van der Waals surface area contributed by atoms with Crippen LogP contribution in [0.5, 0.6) is 0 Å². The Kier molecular flexibility index (Phi) is 2.53. The van der Waals surface area contributed by atoms with Crippen LogP contribution in [0.15, 0.2) is 17.7 Å². The van der Waals surface area contributed by atoms with E-state index in [0.717, 1.165) is 11.3 Å². The van der Waals surface area contributed by atoms with Crippen LogP contribution in [0.2, 0.25) is 0 Å². The molecule has 1 aliphatic heterocycles. The van der Waals surface area contributed by atoms with Crippen LogP contribution in [0.25, 0.3) is 6.08 Å². The largest absolute Gasteiger partial charge is 0.324 e. The fourth-order valence-electron chi connectivity index (χ4n) is 1.31. The molecule has 16 heavy (non-hydrogen) atoms. The average molecular weight is 238 g/mol. The van der Waals surface area contributed by atoms with E-state index < -0.39 is 10.8 Å². The molecule has 1 aliphatic rings. The summed E-state index contributed by atoms with van der Waals surface area (Å²) in [7, 11) is 0. The molecule has 1 aromatic rings. The van der Waals surface area contributed by atoms with Gasteiger partial charge in [0.1, 0.15) is 0 Å². The van der Waals surface area contributed by atoms with Gasteiger partial charge in [0.05, 0.1) is 11.3 Å². The first-order valence-corrected chi connectivity index (χ1v) is 5.17. The SMILES string of the molecule is O=C1C/C(=C/c2ccc([N+](=O)[O-])s2)C(=O)N1. The predicted octanol–water partition coefficient (Wildman–Crippen LogP) is 1.09. The van der Waals surface area contributed by atoms with E-state index in [2.05, 4.69) is 5.32 Å². The first-order chi connectivity index (χ1) is 7.56.